The number of rotatable bonds is 5. The van der Waals surface area contributed by atoms with E-state index >= 15 is 0 Å². The normalized spacial score (nSPS) is 10.3. The Balaban J connectivity index is 1.54. The van der Waals surface area contributed by atoms with Crippen LogP contribution in [0.2, 0.25) is 0 Å². The van der Waals surface area contributed by atoms with Crippen LogP contribution in [0.1, 0.15) is 10.6 Å². The van der Waals surface area contributed by atoms with Gasteiger partial charge in [0.2, 0.25) is 5.91 Å². The number of hydrogen-bond donors (Lipinski definition) is 2. The predicted octanol–water partition coefficient (Wildman–Crippen LogP) is 2.17. The minimum absolute atomic E-state index is 0.159. The highest BCUT2D eigenvalue weighted by atomic mass is 32.1. The van der Waals surface area contributed by atoms with Crippen LogP contribution in [0, 0.1) is 0 Å². The third-order valence-electron chi connectivity index (χ3n) is 2.88. The van der Waals surface area contributed by atoms with E-state index in [2.05, 4.69) is 20.6 Å². The molecule has 0 aliphatic rings. The van der Waals surface area contributed by atoms with Crippen LogP contribution < -0.4 is 10.6 Å². The van der Waals surface area contributed by atoms with Crippen molar-refractivity contribution in [1.29, 1.82) is 0 Å². The van der Waals surface area contributed by atoms with Crippen molar-refractivity contribution < 1.29 is 14.0 Å². The Kier molecular flexibility index (Phi) is 4.44. The lowest BCUT2D eigenvalue weighted by Crippen LogP contribution is -2.32. The number of amides is 2. The van der Waals surface area contributed by atoms with Crippen LogP contribution in [0.15, 0.2) is 52.7 Å². The zero-order valence-electron chi connectivity index (χ0n) is 11.9. The molecule has 8 heteroatoms. The smallest absolute Gasteiger partial charge is 0.287 e. The van der Waals surface area contributed by atoms with Crippen LogP contribution in [0.5, 0.6) is 0 Å². The van der Waals surface area contributed by atoms with Crippen molar-refractivity contribution >= 4 is 28.3 Å². The zero-order chi connectivity index (χ0) is 16.1. The molecule has 23 heavy (non-hydrogen) atoms. The Morgan fingerprint density at radius 3 is 2.78 bits per heavy atom. The van der Waals surface area contributed by atoms with Crippen LogP contribution in [0.4, 0.5) is 5.13 Å². The van der Waals surface area contributed by atoms with E-state index in [0.29, 0.717) is 5.13 Å². The van der Waals surface area contributed by atoms with Gasteiger partial charge in [-0.3, -0.25) is 14.6 Å². The maximum absolute atomic E-state index is 11.8. The maximum atomic E-state index is 11.8. The van der Waals surface area contributed by atoms with Crippen molar-refractivity contribution in [3.8, 4) is 11.3 Å². The Bertz CT molecular complexity index is 799. The SMILES string of the molecule is O=C(CNC(=O)c1ccco1)Nc1nc(-c2ccncc2)cs1. The molecule has 3 rings (SSSR count). The van der Waals surface area contributed by atoms with Gasteiger partial charge in [0.1, 0.15) is 0 Å². The molecule has 7 nitrogen and oxygen atoms in total. The predicted molar refractivity (Wildman–Crippen MR) is 85.0 cm³/mol. The fourth-order valence-corrected chi connectivity index (χ4v) is 2.54. The van der Waals surface area contributed by atoms with Crippen LogP contribution in [0.25, 0.3) is 11.3 Å². The van der Waals surface area contributed by atoms with Gasteiger partial charge >= 0.3 is 0 Å². The Morgan fingerprint density at radius 1 is 1.22 bits per heavy atom. The van der Waals surface area contributed by atoms with E-state index in [1.807, 2.05) is 17.5 Å². The maximum Gasteiger partial charge on any atom is 0.287 e. The lowest BCUT2D eigenvalue weighted by Gasteiger charge is -2.03. The highest BCUT2D eigenvalue weighted by Gasteiger charge is 2.12. The summed E-state index contributed by atoms with van der Waals surface area (Å²) in [5.41, 5.74) is 1.68. The summed E-state index contributed by atoms with van der Waals surface area (Å²) < 4.78 is 4.94. The molecule has 0 aliphatic heterocycles. The lowest BCUT2D eigenvalue weighted by molar-refractivity contribution is -0.115. The Labute approximate surface area is 135 Å². The first-order chi connectivity index (χ1) is 11.2. The summed E-state index contributed by atoms with van der Waals surface area (Å²) >= 11 is 1.31. The summed E-state index contributed by atoms with van der Waals surface area (Å²) in [6.07, 6.45) is 4.75. The number of aromatic nitrogens is 2. The third kappa shape index (κ3) is 3.80. The molecule has 3 aromatic rings. The zero-order valence-corrected chi connectivity index (χ0v) is 12.7. The van der Waals surface area contributed by atoms with Gasteiger partial charge in [-0.2, -0.15) is 0 Å². The van der Waals surface area contributed by atoms with Gasteiger partial charge in [-0.1, -0.05) is 0 Å². The van der Waals surface area contributed by atoms with Crippen molar-refractivity contribution in [2.45, 2.75) is 0 Å². The molecule has 0 radical (unpaired) electrons. The largest absolute Gasteiger partial charge is 0.459 e. The molecule has 0 bridgehead atoms. The first-order valence-corrected chi connectivity index (χ1v) is 7.58. The monoisotopic (exact) mass is 328 g/mol. The van der Waals surface area contributed by atoms with E-state index < -0.39 is 5.91 Å². The van der Waals surface area contributed by atoms with Gasteiger partial charge in [0.25, 0.3) is 5.91 Å². The number of nitrogens with one attached hydrogen (secondary N) is 2. The van der Waals surface area contributed by atoms with Crippen LogP contribution in [-0.2, 0) is 4.79 Å². The van der Waals surface area contributed by atoms with Gasteiger partial charge in [0, 0.05) is 23.3 Å². The molecule has 2 amide bonds. The van der Waals surface area contributed by atoms with E-state index in [0.717, 1.165) is 11.3 Å². The average Bonchev–Trinajstić information content (AvgIpc) is 3.25. The van der Waals surface area contributed by atoms with E-state index in [9.17, 15) is 9.59 Å². The molecule has 0 fully saturated rings. The highest BCUT2D eigenvalue weighted by molar-refractivity contribution is 7.14. The van der Waals surface area contributed by atoms with E-state index in [1.54, 1.807) is 18.5 Å². The van der Waals surface area contributed by atoms with Gasteiger partial charge in [-0.15, -0.1) is 11.3 Å². The van der Waals surface area contributed by atoms with Crippen molar-refractivity contribution in [3.05, 3.63) is 54.1 Å². The summed E-state index contributed by atoms with van der Waals surface area (Å²) in [5, 5.41) is 7.41. The topological polar surface area (TPSA) is 97.1 Å². The van der Waals surface area contributed by atoms with Gasteiger partial charge in [-0.25, -0.2) is 4.98 Å². The quantitative estimate of drug-likeness (QED) is 0.748. The first kappa shape index (κ1) is 14.9. The molecular formula is C15H12N4O3S. The summed E-state index contributed by atoms with van der Waals surface area (Å²) in [5.74, 6) is -0.644. The lowest BCUT2D eigenvalue weighted by atomic mass is 10.2. The Morgan fingerprint density at radius 2 is 2.04 bits per heavy atom. The second-order valence-corrected chi connectivity index (χ2v) is 5.34. The molecule has 2 N–H and O–H groups in total. The molecule has 0 aliphatic carbocycles. The van der Waals surface area contributed by atoms with Crippen LogP contribution >= 0.6 is 11.3 Å². The minimum Gasteiger partial charge on any atom is -0.459 e. The molecule has 3 aromatic heterocycles. The van der Waals surface area contributed by atoms with E-state index in [-0.39, 0.29) is 18.2 Å². The summed E-state index contributed by atoms with van der Waals surface area (Å²) in [6.45, 7) is -0.163. The van der Waals surface area contributed by atoms with Gasteiger partial charge < -0.3 is 15.1 Å². The Hall–Kier alpha value is -3.00. The number of furan rings is 1. The molecule has 3 heterocycles. The summed E-state index contributed by atoms with van der Waals surface area (Å²) in [4.78, 5) is 31.8. The summed E-state index contributed by atoms with van der Waals surface area (Å²) in [6, 6.07) is 6.80. The van der Waals surface area contributed by atoms with Crippen LogP contribution in [-0.4, -0.2) is 28.3 Å². The van der Waals surface area contributed by atoms with Crippen molar-refractivity contribution in [1.82, 2.24) is 15.3 Å². The fraction of sp³-hybridized carbons (Fsp3) is 0.0667. The molecule has 0 aromatic carbocycles. The van der Waals surface area contributed by atoms with E-state index in [1.165, 1.54) is 23.7 Å². The first-order valence-electron chi connectivity index (χ1n) is 6.70. The molecule has 0 saturated heterocycles. The third-order valence-corrected chi connectivity index (χ3v) is 3.64. The molecule has 0 unspecified atom stereocenters. The number of thiazole rings is 1. The van der Waals surface area contributed by atoms with Crippen molar-refractivity contribution in [2.75, 3.05) is 11.9 Å². The molecule has 0 atom stereocenters. The molecule has 116 valence electrons. The second-order valence-electron chi connectivity index (χ2n) is 4.48. The molecule has 0 saturated carbocycles. The van der Waals surface area contributed by atoms with Crippen LogP contribution in [0.3, 0.4) is 0 Å². The van der Waals surface area contributed by atoms with Crippen molar-refractivity contribution in [2.24, 2.45) is 0 Å². The van der Waals surface area contributed by atoms with Gasteiger partial charge in [-0.05, 0) is 24.3 Å². The van der Waals surface area contributed by atoms with Gasteiger partial charge in [0.15, 0.2) is 10.9 Å². The van der Waals surface area contributed by atoms with Crippen molar-refractivity contribution in [3.63, 3.8) is 0 Å². The fourth-order valence-electron chi connectivity index (χ4n) is 1.81. The average molecular weight is 328 g/mol. The number of nitrogens with zero attached hydrogens (tertiary/aromatic N) is 2. The molecule has 0 spiro atoms. The highest BCUT2D eigenvalue weighted by Crippen LogP contribution is 2.24. The van der Waals surface area contributed by atoms with E-state index in [4.69, 9.17) is 4.42 Å². The number of pyridine rings is 1. The number of anilines is 1. The minimum atomic E-state index is -0.443. The summed E-state index contributed by atoms with van der Waals surface area (Å²) in [7, 11) is 0. The number of carbonyl (C=O) groups excluding carboxylic acids is 2. The second kappa shape index (κ2) is 6.84. The number of hydrogen-bond acceptors (Lipinski definition) is 6. The number of carbonyl (C=O) groups is 2. The standard InChI is InChI=1S/C15H12N4O3S/c20-13(8-17-14(21)12-2-1-7-22-12)19-15-18-11(9-23-15)10-3-5-16-6-4-10/h1-7,9H,8H2,(H,17,21)(H,18,19,20). The van der Waals surface area contributed by atoms with Gasteiger partial charge in [0.05, 0.1) is 18.5 Å². The molecular weight excluding hydrogens is 316 g/mol.